The molecule has 8 nitrogen and oxygen atoms in total. The summed E-state index contributed by atoms with van der Waals surface area (Å²) in [6.45, 7) is 7.10. The molecule has 5 rings (SSSR count). The van der Waals surface area contributed by atoms with Gasteiger partial charge in [-0.25, -0.2) is 0 Å². The highest BCUT2D eigenvalue weighted by atomic mass is 16.1. The van der Waals surface area contributed by atoms with E-state index in [4.69, 9.17) is 0 Å². The van der Waals surface area contributed by atoms with Crippen LogP contribution in [0, 0.1) is 5.92 Å². The lowest BCUT2D eigenvalue weighted by Crippen LogP contribution is -2.50. The molecule has 1 saturated heterocycles. The molecule has 188 valence electrons. The van der Waals surface area contributed by atoms with Crippen LogP contribution in [-0.2, 0) is 11.2 Å². The molecule has 1 aliphatic heterocycles. The summed E-state index contributed by atoms with van der Waals surface area (Å²) in [6, 6.07) is 17.0. The van der Waals surface area contributed by atoms with E-state index < -0.39 is 0 Å². The molecule has 3 heterocycles. The molecule has 0 aliphatic carbocycles. The normalized spacial score (nSPS) is 16.7. The molecular weight excluding hydrogens is 450 g/mol. The van der Waals surface area contributed by atoms with Crippen LogP contribution in [0.3, 0.4) is 0 Å². The molecule has 1 fully saturated rings. The van der Waals surface area contributed by atoms with Crippen LogP contribution in [0.25, 0.3) is 16.6 Å². The maximum Gasteiger partial charge on any atom is 0.224 e. The predicted octanol–water partition coefficient (Wildman–Crippen LogP) is 3.42. The van der Waals surface area contributed by atoms with Crippen molar-refractivity contribution in [2.75, 3.05) is 39.8 Å². The Morgan fingerprint density at radius 1 is 1.06 bits per heavy atom. The zero-order valence-electron chi connectivity index (χ0n) is 21.1. The first-order valence-corrected chi connectivity index (χ1v) is 12.8. The van der Waals surface area contributed by atoms with Gasteiger partial charge in [0.15, 0.2) is 0 Å². The quantitative estimate of drug-likeness (QED) is 0.380. The van der Waals surface area contributed by atoms with Crippen molar-refractivity contribution in [3.05, 3.63) is 78.5 Å². The molecule has 8 heteroatoms. The van der Waals surface area contributed by atoms with Gasteiger partial charge in [0.1, 0.15) is 12.7 Å². The number of benzene rings is 2. The van der Waals surface area contributed by atoms with Gasteiger partial charge in [-0.1, -0.05) is 37.3 Å². The zero-order chi connectivity index (χ0) is 24.9. The van der Waals surface area contributed by atoms with Crippen molar-refractivity contribution in [1.82, 2.24) is 34.9 Å². The van der Waals surface area contributed by atoms with Crippen molar-refractivity contribution in [3.63, 3.8) is 0 Å². The van der Waals surface area contributed by atoms with E-state index in [1.54, 1.807) is 19.7 Å². The van der Waals surface area contributed by atoms with Crippen LogP contribution in [0.2, 0.25) is 0 Å². The first-order valence-electron chi connectivity index (χ1n) is 12.8. The Morgan fingerprint density at radius 3 is 2.53 bits per heavy atom. The number of amides is 1. The van der Waals surface area contributed by atoms with Crippen LogP contribution in [0.15, 0.2) is 67.4 Å². The number of hydrogen-bond acceptors (Lipinski definition) is 5. The third-order valence-electron chi connectivity index (χ3n) is 7.46. The van der Waals surface area contributed by atoms with Crippen LogP contribution >= 0.6 is 0 Å². The highest BCUT2D eigenvalue weighted by Gasteiger charge is 2.32. The van der Waals surface area contributed by atoms with E-state index in [2.05, 4.69) is 79.0 Å². The average molecular weight is 486 g/mol. The topological polar surface area (TPSA) is 82.1 Å². The number of fused-ring (bicyclic) bond motifs is 1. The number of aromatic amines is 1. The number of hydrogen-bond donors (Lipinski definition) is 2. The van der Waals surface area contributed by atoms with Crippen molar-refractivity contribution in [1.29, 1.82) is 0 Å². The van der Waals surface area contributed by atoms with Crippen LogP contribution < -0.4 is 5.32 Å². The van der Waals surface area contributed by atoms with Crippen molar-refractivity contribution >= 4 is 16.8 Å². The van der Waals surface area contributed by atoms with Gasteiger partial charge in [-0.15, -0.1) is 10.2 Å². The molecule has 1 aliphatic rings. The smallest absolute Gasteiger partial charge is 0.224 e. The lowest BCUT2D eigenvalue weighted by Gasteiger charge is -2.41. The Morgan fingerprint density at radius 2 is 1.81 bits per heavy atom. The average Bonchev–Trinajstić information content (AvgIpc) is 3.60. The van der Waals surface area contributed by atoms with Gasteiger partial charge in [-0.2, -0.15) is 0 Å². The summed E-state index contributed by atoms with van der Waals surface area (Å²) >= 11 is 0. The van der Waals surface area contributed by atoms with Gasteiger partial charge in [-0.3, -0.25) is 14.3 Å². The molecule has 1 amide bonds. The molecular formula is C28H35N7O. The lowest BCUT2D eigenvalue weighted by molar-refractivity contribution is -0.126. The minimum absolute atomic E-state index is 0.0949. The van der Waals surface area contributed by atoms with Gasteiger partial charge < -0.3 is 15.2 Å². The molecule has 2 atom stereocenters. The Kier molecular flexibility index (Phi) is 7.44. The molecule has 0 spiro atoms. The first kappa shape index (κ1) is 24.2. The van der Waals surface area contributed by atoms with E-state index in [1.165, 1.54) is 16.5 Å². The number of aromatic nitrogens is 4. The van der Waals surface area contributed by atoms with Crippen LogP contribution in [0.1, 0.15) is 30.5 Å². The molecule has 2 aromatic heterocycles. The summed E-state index contributed by atoms with van der Waals surface area (Å²) in [5, 5.41) is 12.0. The standard InChI is InChI=1S/C28H35N7O/c1-21(28(36)29-2)27(22-7-4-3-5-8-22)34-15-13-33(14-16-34)12-6-9-23-18-30-26-11-10-24(17-25(23)26)35-19-31-32-20-35/h3-5,7-8,10-11,17-21,27,30H,6,9,12-16H2,1-2H3,(H,29,36). The second kappa shape index (κ2) is 11.1. The van der Waals surface area contributed by atoms with E-state index in [0.29, 0.717) is 0 Å². The Hall–Kier alpha value is -3.49. The molecule has 36 heavy (non-hydrogen) atoms. The van der Waals surface area contributed by atoms with E-state index in [9.17, 15) is 4.79 Å². The fraction of sp³-hybridized carbons (Fsp3) is 0.393. The fourth-order valence-corrected chi connectivity index (χ4v) is 5.46. The minimum Gasteiger partial charge on any atom is -0.361 e. The predicted molar refractivity (Wildman–Crippen MR) is 142 cm³/mol. The maximum atomic E-state index is 12.5. The second-order valence-corrected chi connectivity index (χ2v) is 9.65. The van der Waals surface area contributed by atoms with Crippen molar-refractivity contribution in [2.24, 2.45) is 5.92 Å². The van der Waals surface area contributed by atoms with E-state index in [1.807, 2.05) is 17.6 Å². The number of carbonyl (C=O) groups excluding carboxylic acids is 1. The van der Waals surface area contributed by atoms with E-state index >= 15 is 0 Å². The number of rotatable bonds is 9. The maximum absolute atomic E-state index is 12.5. The van der Waals surface area contributed by atoms with E-state index in [-0.39, 0.29) is 17.9 Å². The Bertz CT molecular complexity index is 1260. The van der Waals surface area contributed by atoms with Crippen LogP contribution in [0.5, 0.6) is 0 Å². The highest BCUT2D eigenvalue weighted by molar-refractivity contribution is 5.85. The van der Waals surface area contributed by atoms with Gasteiger partial charge in [0.25, 0.3) is 0 Å². The molecule has 2 aromatic carbocycles. The van der Waals surface area contributed by atoms with Crippen molar-refractivity contribution < 1.29 is 4.79 Å². The number of carbonyl (C=O) groups is 1. The number of nitrogens with zero attached hydrogens (tertiary/aromatic N) is 5. The summed E-state index contributed by atoms with van der Waals surface area (Å²) < 4.78 is 1.93. The second-order valence-electron chi connectivity index (χ2n) is 9.65. The molecule has 2 unspecified atom stereocenters. The summed E-state index contributed by atoms with van der Waals surface area (Å²) in [6.07, 6.45) is 7.74. The highest BCUT2D eigenvalue weighted by Crippen LogP contribution is 2.30. The molecule has 0 radical (unpaired) electrons. The third kappa shape index (κ3) is 5.20. The zero-order valence-corrected chi connectivity index (χ0v) is 21.1. The lowest BCUT2D eigenvalue weighted by atomic mass is 9.91. The summed E-state index contributed by atoms with van der Waals surface area (Å²) in [5.41, 5.74) is 4.80. The number of aryl methyl sites for hydroxylation is 1. The summed E-state index contributed by atoms with van der Waals surface area (Å²) in [7, 11) is 1.72. The first-order chi connectivity index (χ1) is 17.6. The molecule has 4 aromatic rings. The van der Waals surface area contributed by atoms with Gasteiger partial charge >= 0.3 is 0 Å². The van der Waals surface area contributed by atoms with E-state index in [0.717, 1.165) is 56.8 Å². The summed E-state index contributed by atoms with van der Waals surface area (Å²) in [4.78, 5) is 21.0. The van der Waals surface area contributed by atoms with Crippen molar-refractivity contribution in [3.8, 4) is 5.69 Å². The largest absolute Gasteiger partial charge is 0.361 e. The SMILES string of the molecule is CNC(=O)C(C)C(c1ccccc1)N1CCN(CCCc2c[nH]c3ccc(-n4cnnc4)cc23)CC1. The van der Waals surface area contributed by atoms with Crippen molar-refractivity contribution in [2.45, 2.75) is 25.8 Å². The van der Waals surface area contributed by atoms with Gasteiger partial charge in [0.05, 0.1) is 5.92 Å². The van der Waals surface area contributed by atoms with Gasteiger partial charge in [0.2, 0.25) is 5.91 Å². The number of piperazine rings is 1. The number of H-pyrrole nitrogens is 1. The molecule has 0 saturated carbocycles. The Balaban J connectivity index is 1.18. The fourth-order valence-electron chi connectivity index (χ4n) is 5.46. The third-order valence-corrected chi connectivity index (χ3v) is 7.46. The summed E-state index contributed by atoms with van der Waals surface area (Å²) in [5.74, 6) is -0.00807. The van der Waals surface area contributed by atoms with Crippen LogP contribution in [0.4, 0.5) is 0 Å². The Labute approximate surface area is 212 Å². The number of nitrogens with one attached hydrogen (secondary N) is 2. The van der Waals surface area contributed by atoms with Crippen LogP contribution in [-0.4, -0.2) is 75.2 Å². The van der Waals surface area contributed by atoms with Gasteiger partial charge in [-0.05, 0) is 48.7 Å². The van der Waals surface area contributed by atoms with Gasteiger partial charge in [0, 0.05) is 62.1 Å². The minimum atomic E-state index is -0.103. The molecule has 2 N–H and O–H groups in total. The molecule has 0 bridgehead atoms. The monoisotopic (exact) mass is 485 g/mol.